The van der Waals surface area contributed by atoms with E-state index in [2.05, 4.69) is 10.2 Å². The molecule has 0 spiro atoms. The van der Waals surface area contributed by atoms with Gasteiger partial charge in [-0.05, 0) is 50.4 Å². The zero-order chi connectivity index (χ0) is 15.3. The number of rotatable bonds is 5. The monoisotopic (exact) mass is 310 g/mol. The average molecular weight is 311 g/mol. The Bertz CT molecular complexity index is 468. The maximum atomic E-state index is 12.1. The van der Waals surface area contributed by atoms with Crippen LogP contribution in [0.2, 0.25) is 5.02 Å². The van der Waals surface area contributed by atoms with Crippen LogP contribution in [0.15, 0.2) is 24.3 Å². The van der Waals surface area contributed by atoms with Crippen LogP contribution < -0.4 is 5.32 Å². The number of carbonyl (C=O) groups is 1. The first-order valence-electron chi connectivity index (χ1n) is 7.43. The number of carbonyl (C=O) groups excluding carboxylic acids is 1. The predicted octanol–water partition coefficient (Wildman–Crippen LogP) is 1.85. The van der Waals surface area contributed by atoms with Crippen LogP contribution >= 0.6 is 11.6 Å². The van der Waals surface area contributed by atoms with E-state index >= 15 is 0 Å². The standard InChI is InChI=1S/C16H23ClN2O2/c1-19-11-8-16(21,9-12-19)15(20)18-10-2-3-13-4-6-14(17)7-5-13/h4-7,21H,2-3,8-12H2,1H3,(H,18,20). The third kappa shape index (κ3) is 4.70. The molecule has 4 nitrogen and oxygen atoms in total. The van der Waals surface area contributed by atoms with Crippen molar-refractivity contribution in [2.75, 3.05) is 26.7 Å². The molecule has 2 rings (SSSR count). The van der Waals surface area contributed by atoms with Gasteiger partial charge in [0.05, 0.1) is 0 Å². The van der Waals surface area contributed by atoms with Crippen LogP contribution in [0, 0.1) is 0 Å². The van der Waals surface area contributed by atoms with Gasteiger partial charge in [0.1, 0.15) is 5.60 Å². The van der Waals surface area contributed by atoms with E-state index in [-0.39, 0.29) is 5.91 Å². The number of aliphatic hydroxyl groups is 1. The first kappa shape index (κ1) is 16.3. The molecule has 0 aliphatic carbocycles. The van der Waals surface area contributed by atoms with Gasteiger partial charge in [0.15, 0.2) is 0 Å². The first-order chi connectivity index (χ1) is 9.99. The largest absolute Gasteiger partial charge is 0.380 e. The number of hydrogen-bond acceptors (Lipinski definition) is 3. The topological polar surface area (TPSA) is 52.6 Å². The number of piperidine rings is 1. The molecule has 1 fully saturated rings. The van der Waals surface area contributed by atoms with E-state index in [0.29, 0.717) is 19.4 Å². The van der Waals surface area contributed by atoms with Crippen LogP contribution in [-0.4, -0.2) is 48.2 Å². The molecule has 0 saturated carbocycles. The molecule has 1 aliphatic heterocycles. The van der Waals surface area contributed by atoms with Crippen LogP contribution in [0.3, 0.4) is 0 Å². The quantitative estimate of drug-likeness (QED) is 0.816. The lowest BCUT2D eigenvalue weighted by atomic mass is 9.90. The Kier molecular flexibility index (Phi) is 5.62. The number of nitrogens with zero attached hydrogens (tertiary/aromatic N) is 1. The van der Waals surface area contributed by atoms with Crippen molar-refractivity contribution in [1.29, 1.82) is 0 Å². The second-order valence-corrected chi connectivity index (χ2v) is 6.26. The third-order valence-corrected chi connectivity index (χ3v) is 4.33. The van der Waals surface area contributed by atoms with Crippen molar-refractivity contribution in [2.45, 2.75) is 31.3 Å². The number of benzene rings is 1. The molecule has 1 aromatic carbocycles. The van der Waals surface area contributed by atoms with Gasteiger partial charge in [-0.3, -0.25) is 4.79 Å². The van der Waals surface area contributed by atoms with Gasteiger partial charge >= 0.3 is 0 Å². The Morgan fingerprint density at radius 1 is 1.33 bits per heavy atom. The maximum Gasteiger partial charge on any atom is 0.252 e. The number of halogens is 1. The molecule has 1 aliphatic rings. The van der Waals surface area contributed by atoms with Gasteiger partial charge < -0.3 is 15.3 Å². The fraction of sp³-hybridized carbons (Fsp3) is 0.562. The molecule has 1 aromatic rings. The molecule has 5 heteroatoms. The van der Waals surface area contributed by atoms with E-state index in [1.807, 2.05) is 31.3 Å². The summed E-state index contributed by atoms with van der Waals surface area (Å²) in [4.78, 5) is 14.2. The Morgan fingerprint density at radius 3 is 2.57 bits per heavy atom. The smallest absolute Gasteiger partial charge is 0.252 e. The minimum absolute atomic E-state index is 0.230. The molecular formula is C16H23ClN2O2. The molecule has 0 unspecified atom stereocenters. The van der Waals surface area contributed by atoms with E-state index in [4.69, 9.17) is 11.6 Å². The highest BCUT2D eigenvalue weighted by Gasteiger charge is 2.38. The summed E-state index contributed by atoms with van der Waals surface area (Å²) in [5, 5.41) is 13.9. The lowest BCUT2D eigenvalue weighted by molar-refractivity contribution is -0.144. The van der Waals surface area contributed by atoms with E-state index in [0.717, 1.165) is 31.0 Å². The summed E-state index contributed by atoms with van der Waals surface area (Å²) in [6.07, 6.45) is 2.75. The van der Waals surface area contributed by atoms with Gasteiger partial charge in [0.2, 0.25) is 0 Å². The second-order valence-electron chi connectivity index (χ2n) is 5.82. The van der Waals surface area contributed by atoms with Crippen LogP contribution in [-0.2, 0) is 11.2 Å². The zero-order valence-electron chi connectivity index (χ0n) is 12.4. The van der Waals surface area contributed by atoms with Crippen LogP contribution in [0.4, 0.5) is 0 Å². The molecule has 1 saturated heterocycles. The normalized spacial score (nSPS) is 18.4. The highest BCUT2D eigenvalue weighted by molar-refractivity contribution is 6.30. The number of nitrogens with one attached hydrogen (secondary N) is 1. The Labute approximate surface area is 131 Å². The maximum absolute atomic E-state index is 12.1. The molecule has 0 atom stereocenters. The molecule has 1 amide bonds. The Balaban J connectivity index is 1.70. The number of likely N-dealkylation sites (tertiary alicyclic amines) is 1. The van der Waals surface area contributed by atoms with E-state index in [1.54, 1.807) is 0 Å². The number of hydrogen-bond donors (Lipinski definition) is 2. The van der Waals surface area contributed by atoms with Crippen molar-refractivity contribution in [2.24, 2.45) is 0 Å². The molecule has 0 aromatic heterocycles. The first-order valence-corrected chi connectivity index (χ1v) is 7.81. The van der Waals surface area contributed by atoms with Gasteiger partial charge in [-0.25, -0.2) is 0 Å². The van der Waals surface area contributed by atoms with Crippen molar-refractivity contribution in [3.8, 4) is 0 Å². The highest BCUT2D eigenvalue weighted by Crippen LogP contribution is 2.21. The van der Waals surface area contributed by atoms with E-state index in [1.165, 1.54) is 5.56 Å². The van der Waals surface area contributed by atoms with E-state index in [9.17, 15) is 9.90 Å². The van der Waals surface area contributed by atoms with Crippen molar-refractivity contribution < 1.29 is 9.90 Å². The highest BCUT2D eigenvalue weighted by atomic mass is 35.5. The van der Waals surface area contributed by atoms with Gasteiger partial charge in [-0.15, -0.1) is 0 Å². The zero-order valence-corrected chi connectivity index (χ0v) is 13.2. The molecule has 0 bridgehead atoms. The van der Waals surface area contributed by atoms with Crippen LogP contribution in [0.25, 0.3) is 0 Å². The molecule has 1 heterocycles. The van der Waals surface area contributed by atoms with Crippen LogP contribution in [0.5, 0.6) is 0 Å². The predicted molar refractivity (Wildman–Crippen MR) is 84.5 cm³/mol. The summed E-state index contributed by atoms with van der Waals surface area (Å²) in [6, 6.07) is 7.73. The van der Waals surface area contributed by atoms with Crippen LogP contribution in [0.1, 0.15) is 24.8 Å². The Hall–Kier alpha value is -1.10. The summed E-state index contributed by atoms with van der Waals surface area (Å²) in [6.45, 7) is 2.10. The van der Waals surface area contributed by atoms with Crippen molar-refractivity contribution in [3.05, 3.63) is 34.9 Å². The fourth-order valence-electron chi connectivity index (χ4n) is 2.53. The Morgan fingerprint density at radius 2 is 1.95 bits per heavy atom. The van der Waals surface area contributed by atoms with E-state index < -0.39 is 5.60 Å². The van der Waals surface area contributed by atoms with Gasteiger partial charge in [0, 0.05) is 24.7 Å². The SMILES string of the molecule is CN1CCC(O)(C(=O)NCCCc2ccc(Cl)cc2)CC1. The van der Waals surface area contributed by atoms with Crippen molar-refractivity contribution in [1.82, 2.24) is 10.2 Å². The minimum Gasteiger partial charge on any atom is -0.380 e. The summed E-state index contributed by atoms with van der Waals surface area (Å²) in [7, 11) is 2.00. The van der Waals surface area contributed by atoms with Crippen molar-refractivity contribution >= 4 is 17.5 Å². The summed E-state index contributed by atoms with van der Waals surface area (Å²) in [5.74, 6) is -0.230. The summed E-state index contributed by atoms with van der Waals surface area (Å²) >= 11 is 5.84. The molecular weight excluding hydrogens is 288 g/mol. The molecule has 2 N–H and O–H groups in total. The number of aryl methyl sites for hydroxylation is 1. The van der Waals surface area contributed by atoms with Gasteiger partial charge in [-0.2, -0.15) is 0 Å². The molecule has 21 heavy (non-hydrogen) atoms. The number of amides is 1. The average Bonchev–Trinajstić information content (AvgIpc) is 2.48. The van der Waals surface area contributed by atoms with Crippen molar-refractivity contribution in [3.63, 3.8) is 0 Å². The lowest BCUT2D eigenvalue weighted by Crippen LogP contribution is -2.53. The third-order valence-electron chi connectivity index (χ3n) is 4.08. The lowest BCUT2D eigenvalue weighted by Gasteiger charge is -2.35. The molecule has 116 valence electrons. The summed E-state index contributed by atoms with van der Waals surface area (Å²) in [5.41, 5.74) is 0.0129. The second kappa shape index (κ2) is 7.25. The summed E-state index contributed by atoms with van der Waals surface area (Å²) < 4.78 is 0. The van der Waals surface area contributed by atoms with Gasteiger partial charge in [-0.1, -0.05) is 23.7 Å². The minimum atomic E-state index is -1.19. The molecule has 0 radical (unpaired) electrons. The van der Waals surface area contributed by atoms with Gasteiger partial charge in [0.25, 0.3) is 5.91 Å². The fourth-order valence-corrected chi connectivity index (χ4v) is 2.65.